The Hall–Kier alpha value is -3.19. The Morgan fingerprint density at radius 1 is 1.21 bits per heavy atom. The Kier molecular flexibility index (Phi) is 7.77. The zero-order valence-corrected chi connectivity index (χ0v) is 18.8. The summed E-state index contributed by atoms with van der Waals surface area (Å²) in [5.74, 6) is -1.27. The van der Waals surface area contributed by atoms with Gasteiger partial charge in [-0.1, -0.05) is 6.07 Å². The summed E-state index contributed by atoms with van der Waals surface area (Å²) in [6, 6.07) is 5.84. The van der Waals surface area contributed by atoms with E-state index in [1.165, 1.54) is 24.3 Å². The highest BCUT2D eigenvalue weighted by Crippen LogP contribution is 2.31. The summed E-state index contributed by atoms with van der Waals surface area (Å²) in [5, 5.41) is 2.53. The van der Waals surface area contributed by atoms with E-state index in [0.717, 1.165) is 24.5 Å². The van der Waals surface area contributed by atoms with Gasteiger partial charge in [-0.15, -0.1) is 0 Å². The maximum atomic E-state index is 14.1. The molecular formula is C21H22F4N4O4S. The molecule has 184 valence electrons. The van der Waals surface area contributed by atoms with E-state index in [2.05, 4.69) is 10.3 Å². The lowest BCUT2D eigenvalue weighted by molar-refractivity contribution is -0.141. The highest BCUT2D eigenvalue weighted by atomic mass is 32.2. The molecule has 13 heteroatoms. The van der Waals surface area contributed by atoms with E-state index < -0.39 is 33.6 Å². The van der Waals surface area contributed by atoms with Gasteiger partial charge in [0.1, 0.15) is 17.3 Å². The Morgan fingerprint density at radius 3 is 2.53 bits per heavy atom. The minimum absolute atomic E-state index is 0.0547. The van der Waals surface area contributed by atoms with Crippen molar-refractivity contribution in [3.63, 3.8) is 0 Å². The smallest absolute Gasteiger partial charge is 0.378 e. The van der Waals surface area contributed by atoms with Crippen molar-refractivity contribution >= 4 is 33.5 Å². The first-order valence-electron chi connectivity index (χ1n) is 10.1. The van der Waals surface area contributed by atoms with Crippen LogP contribution in [-0.4, -0.2) is 51.9 Å². The molecule has 0 aliphatic carbocycles. The van der Waals surface area contributed by atoms with Crippen molar-refractivity contribution in [3.8, 4) is 0 Å². The molecule has 1 aromatic heterocycles. The molecule has 0 radical (unpaired) electrons. The Labute approximate surface area is 193 Å². The van der Waals surface area contributed by atoms with Crippen LogP contribution in [-0.2, 0) is 32.3 Å². The number of nitrogens with one attached hydrogen (secondary N) is 2. The molecule has 0 atom stereocenters. The molecule has 1 aromatic carbocycles. The molecule has 0 saturated carbocycles. The number of benzene rings is 1. The molecule has 1 aliphatic rings. The van der Waals surface area contributed by atoms with Gasteiger partial charge in [-0.3, -0.25) is 9.52 Å². The summed E-state index contributed by atoms with van der Waals surface area (Å²) in [4.78, 5) is 17.6. The van der Waals surface area contributed by atoms with E-state index in [-0.39, 0.29) is 18.1 Å². The molecule has 2 N–H and O–H groups in total. The van der Waals surface area contributed by atoms with E-state index in [1.807, 2.05) is 4.72 Å². The normalized spacial score (nSPS) is 14.9. The van der Waals surface area contributed by atoms with Crippen molar-refractivity contribution in [2.45, 2.75) is 12.7 Å². The van der Waals surface area contributed by atoms with Gasteiger partial charge < -0.3 is 15.0 Å². The Bertz CT molecular complexity index is 1180. The van der Waals surface area contributed by atoms with Crippen molar-refractivity contribution in [1.82, 2.24) is 10.3 Å². The molecule has 1 fully saturated rings. The third-order valence-electron chi connectivity index (χ3n) is 4.72. The summed E-state index contributed by atoms with van der Waals surface area (Å²) < 4.78 is 83.2. The number of ether oxygens (including phenoxy) is 1. The number of hydrogen-bond acceptors (Lipinski definition) is 6. The Morgan fingerprint density at radius 2 is 1.91 bits per heavy atom. The van der Waals surface area contributed by atoms with Crippen molar-refractivity contribution in [2.24, 2.45) is 0 Å². The maximum Gasteiger partial charge on any atom is 0.433 e. The third-order valence-corrected chi connectivity index (χ3v) is 5.31. The third kappa shape index (κ3) is 7.15. The number of pyridine rings is 1. The molecule has 1 aliphatic heterocycles. The molecule has 1 amide bonds. The quantitative estimate of drug-likeness (QED) is 0.446. The molecule has 3 rings (SSSR count). The second kappa shape index (κ2) is 10.4. The van der Waals surface area contributed by atoms with Crippen molar-refractivity contribution < 1.29 is 35.5 Å². The molecule has 8 nitrogen and oxygen atoms in total. The van der Waals surface area contributed by atoms with E-state index in [1.54, 1.807) is 4.90 Å². The van der Waals surface area contributed by atoms with Crippen LogP contribution in [0.1, 0.15) is 16.8 Å². The number of alkyl halides is 3. The van der Waals surface area contributed by atoms with Crippen LogP contribution < -0.4 is 14.9 Å². The number of aromatic nitrogens is 1. The number of sulfonamides is 1. The lowest BCUT2D eigenvalue weighted by Gasteiger charge is -2.29. The van der Waals surface area contributed by atoms with Crippen LogP contribution in [0.25, 0.3) is 6.08 Å². The first kappa shape index (κ1) is 25.4. The van der Waals surface area contributed by atoms with Crippen molar-refractivity contribution in [2.75, 3.05) is 42.2 Å². The first-order chi connectivity index (χ1) is 15.9. The summed E-state index contributed by atoms with van der Waals surface area (Å²) in [6.07, 6.45) is -1.22. The molecular weight excluding hydrogens is 480 g/mol. The van der Waals surface area contributed by atoms with Gasteiger partial charge in [-0.05, 0) is 35.9 Å². The van der Waals surface area contributed by atoms with Gasteiger partial charge in [0.2, 0.25) is 15.9 Å². The van der Waals surface area contributed by atoms with Crippen molar-refractivity contribution in [3.05, 3.63) is 59.0 Å². The lowest BCUT2D eigenvalue weighted by Crippen LogP contribution is -2.37. The minimum atomic E-state index is -4.61. The number of nitrogens with zero attached hydrogens (tertiary/aromatic N) is 2. The molecule has 0 bridgehead atoms. The number of carbonyl (C=O) groups is 1. The summed E-state index contributed by atoms with van der Waals surface area (Å²) >= 11 is 0. The van der Waals surface area contributed by atoms with Crippen LogP contribution in [0.2, 0.25) is 0 Å². The fraction of sp³-hybridized carbons (Fsp3) is 0.333. The van der Waals surface area contributed by atoms with Crippen LogP contribution in [0.3, 0.4) is 0 Å². The van der Waals surface area contributed by atoms with Crippen molar-refractivity contribution in [1.29, 1.82) is 0 Å². The number of anilines is 2. The zero-order valence-electron chi connectivity index (χ0n) is 18.0. The van der Waals surface area contributed by atoms with E-state index in [9.17, 15) is 30.8 Å². The number of amides is 1. The molecule has 34 heavy (non-hydrogen) atoms. The zero-order chi connectivity index (χ0) is 24.9. The SMILES string of the molecule is CS(=O)(=O)Nc1ccc(CNC(=O)/C=C\c2ccc(C(F)(F)F)nc2N2CCOCC2)cc1F. The summed E-state index contributed by atoms with van der Waals surface area (Å²) in [6.45, 7) is 1.35. The van der Waals surface area contributed by atoms with Gasteiger partial charge in [0.15, 0.2) is 0 Å². The second-order valence-corrected chi connectivity index (χ2v) is 9.19. The van der Waals surface area contributed by atoms with Gasteiger partial charge in [-0.2, -0.15) is 13.2 Å². The molecule has 2 heterocycles. The van der Waals surface area contributed by atoms with E-state index >= 15 is 0 Å². The van der Waals surface area contributed by atoms with Crippen LogP contribution in [0.4, 0.5) is 29.1 Å². The average molecular weight is 502 g/mol. The summed E-state index contributed by atoms with van der Waals surface area (Å²) in [7, 11) is -3.64. The molecule has 2 aromatic rings. The predicted molar refractivity (Wildman–Crippen MR) is 118 cm³/mol. The van der Waals surface area contributed by atoms with Gasteiger partial charge >= 0.3 is 6.18 Å². The maximum absolute atomic E-state index is 14.1. The first-order valence-corrected chi connectivity index (χ1v) is 11.9. The Balaban J connectivity index is 1.70. The number of rotatable bonds is 7. The van der Waals surface area contributed by atoms with Crippen LogP contribution in [0.15, 0.2) is 36.4 Å². The largest absolute Gasteiger partial charge is 0.433 e. The van der Waals surface area contributed by atoms with Gasteiger partial charge in [0, 0.05) is 31.3 Å². The highest BCUT2D eigenvalue weighted by molar-refractivity contribution is 7.92. The second-order valence-electron chi connectivity index (χ2n) is 7.45. The number of morpholine rings is 1. The number of carbonyl (C=O) groups excluding carboxylic acids is 1. The standard InChI is InChI=1S/C21H22F4N4O4S/c1-34(31,32)28-17-5-2-14(12-16(17)22)13-26-19(30)7-4-15-3-6-18(21(23,24)25)27-20(15)29-8-10-33-11-9-29/h2-7,12,28H,8-11,13H2,1H3,(H,26,30)/b7-4-. The fourth-order valence-electron chi connectivity index (χ4n) is 3.14. The highest BCUT2D eigenvalue weighted by Gasteiger charge is 2.33. The summed E-state index contributed by atoms with van der Waals surface area (Å²) in [5.41, 5.74) is -0.551. The minimum Gasteiger partial charge on any atom is -0.378 e. The predicted octanol–water partition coefficient (Wildman–Crippen LogP) is 2.78. The van der Waals surface area contributed by atoms with Crippen LogP contribution in [0, 0.1) is 5.82 Å². The molecule has 1 saturated heterocycles. The average Bonchev–Trinajstić information content (AvgIpc) is 2.77. The van der Waals surface area contributed by atoms with Crippen LogP contribution in [0.5, 0.6) is 0 Å². The number of hydrogen-bond donors (Lipinski definition) is 2. The van der Waals surface area contributed by atoms with Crippen LogP contribution >= 0.6 is 0 Å². The number of halogens is 4. The lowest BCUT2D eigenvalue weighted by atomic mass is 10.1. The van der Waals surface area contributed by atoms with E-state index in [0.29, 0.717) is 37.4 Å². The van der Waals surface area contributed by atoms with Gasteiger partial charge in [0.25, 0.3) is 0 Å². The molecule has 0 spiro atoms. The van der Waals surface area contributed by atoms with Gasteiger partial charge in [0.05, 0.1) is 25.2 Å². The monoisotopic (exact) mass is 502 g/mol. The van der Waals surface area contributed by atoms with Gasteiger partial charge in [-0.25, -0.2) is 17.8 Å². The molecule has 0 unspecified atom stereocenters. The van der Waals surface area contributed by atoms with E-state index in [4.69, 9.17) is 4.74 Å². The fourth-order valence-corrected chi connectivity index (χ4v) is 3.71. The topological polar surface area (TPSA) is 101 Å².